The van der Waals surface area contributed by atoms with Crippen LogP contribution in [-0.2, 0) is 11.3 Å². The molecule has 3 aromatic heterocycles. The Morgan fingerprint density at radius 3 is 2.77 bits per heavy atom. The van der Waals surface area contributed by atoms with Crippen molar-refractivity contribution in [2.24, 2.45) is 5.92 Å². The molecule has 3 N–H and O–H groups in total. The average molecular weight is 610 g/mol. The third-order valence-corrected chi connectivity index (χ3v) is 8.69. The smallest absolute Gasteiger partial charge is 0.379 e. The van der Waals surface area contributed by atoms with E-state index in [4.69, 9.17) is 16.6 Å². The van der Waals surface area contributed by atoms with Crippen LogP contribution in [0.2, 0.25) is 5.02 Å². The number of fused-ring (bicyclic) bond motifs is 1. The van der Waals surface area contributed by atoms with Gasteiger partial charge in [-0.2, -0.15) is 13.2 Å². The van der Waals surface area contributed by atoms with Gasteiger partial charge in [0.15, 0.2) is 5.65 Å². The molecule has 8 nitrogen and oxygen atoms in total. The second-order valence-electron chi connectivity index (χ2n) is 11.7. The van der Waals surface area contributed by atoms with Gasteiger partial charge in [-0.3, -0.25) is 4.79 Å². The number of anilines is 3. The van der Waals surface area contributed by atoms with Gasteiger partial charge in [0.05, 0.1) is 17.9 Å². The first-order chi connectivity index (χ1) is 20.7. The van der Waals surface area contributed by atoms with Gasteiger partial charge in [0, 0.05) is 60.9 Å². The highest BCUT2D eigenvalue weighted by atomic mass is 35.5. The fourth-order valence-electron chi connectivity index (χ4n) is 5.91. The molecule has 3 atom stereocenters. The predicted molar refractivity (Wildman–Crippen MR) is 160 cm³/mol. The molecule has 3 aliphatic rings. The van der Waals surface area contributed by atoms with Crippen molar-refractivity contribution in [2.45, 2.75) is 49.9 Å². The van der Waals surface area contributed by atoms with E-state index in [0.29, 0.717) is 35.5 Å². The van der Waals surface area contributed by atoms with Crippen molar-refractivity contribution in [1.29, 1.82) is 0 Å². The molecule has 0 spiro atoms. The number of piperazine rings is 1. The van der Waals surface area contributed by atoms with Crippen LogP contribution >= 0.6 is 11.6 Å². The largest absolute Gasteiger partial charge is 0.405 e. The van der Waals surface area contributed by atoms with E-state index in [1.54, 1.807) is 17.2 Å². The molecule has 1 saturated heterocycles. The van der Waals surface area contributed by atoms with Crippen molar-refractivity contribution in [3.8, 4) is 0 Å². The van der Waals surface area contributed by atoms with E-state index in [-0.39, 0.29) is 30.8 Å². The standard InChI is InChI=1S/C31H31ClF3N7O/c32-21-3-1-2-19(10-21)24-13-25(24)30(43)40-28-12-22(6-7-37-28)38-14-23-16-42-15-20(18-4-5-18)11-26(29(42)39-23)41-9-8-36-27(17-41)31(33,34)35/h1-3,6-7,10-12,15-16,18,24-25,27,36H,4-5,8-9,13-14,17H2,(H2,37,38,40,43)/t24-,25+,27?/m1/s1. The number of amides is 1. The second-order valence-corrected chi connectivity index (χ2v) is 12.1. The summed E-state index contributed by atoms with van der Waals surface area (Å²) in [7, 11) is 0. The summed E-state index contributed by atoms with van der Waals surface area (Å²) in [5.74, 6) is 0.855. The van der Waals surface area contributed by atoms with Gasteiger partial charge in [-0.05, 0) is 66.5 Å². The van der Waals surface area contributed by atoms with Crippen LogP contribution in [-0.4, -0.2) is 52.1 Å². The van der Waals surface area contributed by atoms with Crippen LogP contribution in [0.5, 0.6) is 0 Å². The Kier molecular flexibility index (Phi) is 7.17. The highest BCUT2D eigenvalue weighted by Crippen LogP contribution is 2.48. The van der Waals surface area contributed by atoms with Crippen molar-refractivity contribution < 1.29 is 18.0 Å². The van der Waals surface area contributed by atoms with E-state index in [2.05, 4.69) is 20.9 Å². The summed E-state index contributed by atoms with van der Waals surface area (Å²) >= 11 is 6.11. The fraction of sp³-hybridized carbons (Fsp3) is 0.387. The van der Waals surface area contributed by atoms with E-state index in [0.717, 1.165) is 47.5 Å². The number of imidazole rings is 1. The number of hydrogen-bond acceptors (Lipinski definition) is 6. The van der Waals surface area contributed by atoms with E-state index in [1.165, 1.54) is 0 Å². The summed E-state index contributed by atoms with van der Waals surface area (Å²) < 4.78 is 42.5. The highest BCUT2D eigenvalue weighted by Gasteiger charge is 2.44. The van der Waals surface area contributed by atoms with Crippen LogP contribution in [0.4, 0.5) is 30.4 Å². The lowest BCUT2D eigenvalue weighted by atomic mass is 10.1. The van der Waals surface area contributed by atoms with Crippen LogP contribution in [0.15, 0.2) is 61.1 Å². The van der Waals surface area contributed by atoms with Crippen LogP contribution in [0.25, 0.3) is 5.65 Å². The number of halogens is 4. The fourth-order valence-corrected chi connectivity index (χ4v) is 6.11. The van der Waals surface area contributed by atoms with Gasteiger partial charge in [-0.15, -0.1) is 0 Å². The van der Waals surface area contributed by atoms with Crippen molar-refractivity contribution in [2.75, 3.05) is 35.2 Å². The Hall–Kier alpha value is -3.83. The quantitative estimate of drug-likeness (QED) is 0.229. The maximum absolute atomic E-state index is 13.5. The molecule has 1 aromatic carbocycles. The zero-order chi connectivity index (χ0) is 29.7. The molecule has 2 aliphatic carbocycles. The van der Waals surface area contributed by atoms with Gasteiger partial charge in [-0.25, -0.2) is 9.97 Å². The molecule has 3 fully saturated rings. The maximum atomic E-state index is 13.5. The maximum Gasteiger partial charge on any atom is 0.405 e. The van der Waals surface area contributed by atoms with Gasteiger partial charge in [0.25, 0.3) is 0 Å². The minimum absolute atomic E-state index is 0.0744. The van der Waals surface area contributed by atoms with E-state index in [1.807, 2.05) is 53.2 Å². The first kappa shape index (κ1) is 28.0. The third-order valence-electron chi connectivity index (χ3n) is 8.45. The molecule has 0 bridgehead atoms. The SMILES string of the molecule is O=C(Nc1cc(NCc2cn3cc(C4CC4)cc(N4CCNC(C(F)(F)F)C4)c3n2)ccn1)[C@H]1C[C@@H]1c1cccc(Cl)c1. The number of carbonyl (C=O) groups excluding carboxylic acids is 1. The number of aromatic nitrogens is 3. The third kappa shape index (κ3) is 6.14. The Morgan fingerprint density at radius 1 is 1.12 bits per heavy atom. The number of nitrogens with one attached hydrogen (secondary N) is 3. The Labute approximate surface area is 251 Å². The van der Waals surface area contributed by atoms with Crippen molar-refractivity contribution in [3.63, 3.8) is 0 Å². The minimum Gasteiger partial charge on any atom is -0.379 e. The number of hydrogen-bond donors (Lipinski definition) is 3. The zero-order valence-electron chi connectivity index (χ0n) is 23.2. The summed E-state index contributed by atoms with van der Waals surface area (Å²) in [6.07, 6.45) is 4.23. The van der Waals surface area contributed by atoms with Gasteiger partial charge in [-0.1, -0.05) is 23.7 Å². The lowest BCUT2D eigenvalue weighted by Crippen LogP contribution is -2.57. The zero-order valence-corrected chi connectivity index (χ0v) is 24.0. The van der Waals surface area contributed by atoms with Crippen molar-refractivity contribution >= 4 is 40.3 Å². The monoisotopic (exact) mass is 609 g/mol. The van der Waals surface area contributed by atoms with Gasteiger partial charge >= 0.3 is 6.18 Å². The number of carbonyl (C=O) groups is 1. The summed E-state index contributed by atoms with van der Waals surface area (Å²) in [5.41, 5.74) is 5.08. The molecule has 2 saturated carbocycles. The van der Waals surface area contributed by atoms with Crippen LogP contribution in [0.1, 0.15) is 47.9 Å². The summed E-state index contributed by atoms with van der Waals surface area (Å²) in [5, 5.41) is 9.53. The summed E-state index contributed by atoms with van der Waals surface area (Å²) in [6.45, 7) is 0.967. The minimum atomic E-state index is -4.31. The Balaban J connectivity index is 1.04. The van der Waals surface area contributed by atoms with E-state index < -0.39 is 12.2 Å². The average Bonchev–Trinajstić information content (AvgIpc) is 3.92. The molecule has 4 aromatic rings. The molecule has 0 radical (unpaired) electrons. The van der Waals surface area contributed by atoms with Gasteiger partial charge < -0.3 is 25.3 Å². The number of pyridine rings is 2. The van der Waals surface area contributed by atoms with Gasteiger partial charge in [0.1, 0.15) is 11.9 Å². The molecule has 1 unspecified atom stereocenters. The molecule has 7 rings (SSSR count). The number of nitrogens with zero attached hydrogens (tertiary/aromatic N) is 4. The first-order valence-corrected chi connectivity index (χ1v) is 14.9. The number of alkyl halides is 3. The topological polar surface area (TPSA) is 86.6 Å². The normalized spacial score (nSPS) is 22.0. The molecular formula is C31H31ClF3N7O. The Bertz CT molecular complexity index is 1670. The van der Waals surface area contributed by atoms with Crippen molar-refractivity contribution in [1.82, 2.24) is 19.7 Å². The molecular weight excluding hydrogens is 579 g/mol. The molecule has 1 aliphatic heterocycles. The number of benzene rings is 1. The van der Waals surface area contributed by atoms with E-state index >= 15 is 0 Å². The Morgan fingerprint density at radius 2 is 1.98 bits per heavy atom. The molecule has 4 heterocycles. The molecule has 43 heavy (non-hydrogen) atoms. The summed E-state index contributed by atoms with van der Waals surface area (Å²) in [6, 6.07) is 11.6. The van der Waals surface area contributed by atoms with Crippen LogP contribution < -0.4 is 20.9 Å². The lowest BCUT2D eigenvalue weighted by Gasteiger charge is -2.36. The predicted octanol–water partition coefficient (Wildman–Crippen LogP) is 5.95. The van der Waals surface area contributed by atoms with Gasteiger partial charge in [0.2, 0.25) is 5.91 Å². The second kappa shape index (κ2) is 11.0. The molecule has 1 amide bonds. The molecule has 12 heteroatoms. The molecule has 224 valence electrons. The first-order valence-electron chi connectivity index (χ1n) is 14.5. The van der Waals surface area contributed by atoms with Crippen molar-refractivity contribution in [3.05, 3.63) is 82.9 Å². The van der Waals surface area contributed by atoms with Crippen LogP contribution in [0.3, 0.4) is 0 Å². The van der Waals surface area contributed by atoms with Crippen LogP contribution in [0, 0.1) is 5.92 Å². The highest BCUT2D eigenvalue weighted by molar-refractivity contribution is 6.30. The summed E-state index contributed by atoms with van der Waals surface area (Å²) in [4.78, 5) is 23.8. The number of rotatable bonds is 8. The van der Waals surface area contributed by atoms with E-state index in [9.17, 15) is 18.0 Å². The lowest BCUT2D eigenvalue weighted by molar-refractivity contribution is -0.155.